The highest BCUT2D eigenvalue weighted by Gasteiger charge is 2.44. The first-order chi connectivity index (χ1) is 18.4. The van der Waals surface area contributed by atoms with Gasteiger partial charge < -0.3 is 29.7 Å². The second-order valence-electron chi connectivity index (χ2n) is 10.2. The van der Waals surface area contributed by atoms with Crippen molar-refractivity contribution < 1.29 is 37.0 Å². The molecule has 212 valence electrons. The number of halogens is 3. The summed E-state index contributed by atoms with van der Waals surface area (Å²) in [6, 6.07) is -3.85. The van der Waals surface area contributed by atoms with E-state index in [1.165, 1.54) is 23.4 Å². The molecule has 4 aliphatic heterocycles. The Kier molecular flexibility index (Phi) is 7.05. The number of fused-ring (bicyclic) bond motifs is 3. The van der Waals surface area contributed by atoms with Gasteiger partial charge in [-0.15, -0.1) is 0 Å². The highest BCUT2D eigenvalue weighted by Crippen LogP contribution is 2.33. The van der Waals surface area contributed by atoms with Gasteiger partial charge in [-0.05, 0) is 33.3 Å². The third kappa shape index (κ3) is 5.88. The molecule has 1 unspecified atom stereocenters. The van der Waals surface area contributed by atoms with E-state index in [9.17, 15) is 22.8 Å². The molecule has 4 atom stereocenters. The number of carbonyl (C=O) groups is 2. The minimum absolute atomic E-state index is 0.0381. The number of anilines is 1. The fraction of sp³-hybridized carbons (Fsp3) is 0.583. The maximum Gasteiger partial charge on any atom is 0.408 e. The number of rotatable bonds is 6. The van der Waals surface area contributed by atoms with Gasteiger partial charge in [0, 0.05) is 13.1 Å². The van der Waals surface area contributed by atoms with Crippen LogP contribution in [0.25, 0.3) is 0 Å². The van der Waals surface area contributed by atoms with Gasteiger partial charge in [0.25, 0.3) is 0 Å². The molecular formula is C24H30F3N7O5. The van der Waals surface area contributed by atoms with E-state index >= 15 is 0 Å². The Hall–Kier alpha value is -3.59. The Bertz CT molecular complexity index is 1170. The maximum absolute atomic E-state index is 13.3. The Labute approximate surface area is 222 Å². The molecule has 0 spiro atoms. The third-order valence-corrected chi connectivity index (χ3v) is 6.79. The number of dihydropyridines is 1. The number of nitrogens with zero attached hydrogens (tertiary/aromatic N) is 4. The van der Waals surface area contributed by atoms with Crippen LogP contribution in [0.15, 0.2) is 36.1 Å². The first kappa shape index (κ1) is 27.0. The number of urea groups is 1. The molecule has 1 aromatic heterocycles. The molecule has 15 heteroatoms. The molecule has 12 nitrogen and oxygen atoms in total. The van der Waals surface area contributed by atoms with Gasteiger partial charge >= 0.3 is 12.2 Å². The summed E-state index contributed by atoms with van der Waals surface area (Å²) in [6.07, 6.45) is 1.85. The predicted molar refractivity (Wildman–Crippen MR) is 130 cm³/mol. The van der Waals surface area contributed by atoms with E-state index in [2.05, 4.69) is 25.5 Å². The zero-order valence-electron chi connectivity index (χ0n) is 21.6. The van der Waals surface area contributed by atoms with Crippen molar-refractivity contribution in [2.75, 3.05) is 31.6 Å². The van der Waals surface area contributed by atoms with Crippen molar-refractivity contribution >= 4 is 17.9 Å². The molecule has 2 fully saturated rings. The molecular weight excluding hydrogens is 523 g/mol. The number of ether oxygens (including phenoxy) is 3. The Morgan fingerprint density at radius 2 is 2.05 bits per heavy atom. The van der Waals surface area contributed by atoms with E-state index in [-0.39, 0.29) is 24.7 Å². The van der Waals surface area contributed by atoms with E-state index < -0.39 is 36.0 Å². The number of amides is 3. The lowest BCUT2D eigenvalue weighted by molar-refractivity contribution is -0.158. The second-order valence-corrected chi connectivity index (χ2v) is 10.2. The van der Waals surface area contributed by atoms with Crippen LogP contribution in [0, 0.1) is 0 Å². The van der Waals surface area contributed by atoms with Crippen LogP contribution in [0.3, 0.4) is 0 Å². The molecule has 0 aromatic carbocycles. The van der Waals surface area contributed by atoms with Crippen LogP contribution in [-0.4, -0.2) is 94.2 Å². The second kappa shape index (κ2) is 10.2. The van der Waals surface area contributed by atoms with Crippen LogP contribution in [0.2, 0.25) is 0 Å². The number of carbonyl (C=O) groups excluding carboxylic acids is 2. The normalized spacial score (nSPS) is 26.2. The van der Waals surface area contributed by atoms with Gasteiger partial charge in [-0.25, -0.2) is 14.8 Å². The molecule has 0 saturated carbocycles. The highest BCUT2D eigenvalue weighted by molar-refractivity contribution is 5.90. The lowest BCUT2D eigenvalue weighted by Crippen LogP contribution is -2.57. The van der Waals surface area contributed by atoms with Crippen molar-refractivity contribution in [2.24, 2.45) is 0 Å². The minimum Gasteiger partial charge on any atom is -0.488 e. The van der Waals surface area contributed by atoms with Crippen LogP contribution >= 0.6 is 0 Å². The number of aromatic nitrogens is 2. The zero-order valence-corrected chi connectivity index (χ0v) is 21.6. The number of hydrogen-bond donors (Lipinski definition) is 3. The molecule has 0 aliphatic carbocycles. The van der Waals surface area contributed by atoms with Gasteiger partial charge in [-0.2, -0.15) is 13.2 Å². The van der Waals surface area contributed by atoms with Crippen LogP contribution in [0.1, 0.15) is 27.2 Å². The van der Waals surface area contributed by atoms with Crippen molar-refractivity contribution in [1.82, 2.24) is 30.4 Å². The number of allylic oxidation sites excluding steroid dienone is 1. The van der Waals surface area contributed by atoms with Crippen LogP contribution in [0.4, 0.5) is 23.9 Å². The van der Waals surface area contributed by atoms with Gasteiger partial charge in [0.15, 0.2) is 11.5 Å². The van der Waals surface area contributed by atoms with Gasteiger partial charge in [-0.1, -0.05) is 6.08 Å². The summed E-state index contributed by atoms with van der Waals surface area (Å²) in [7, 11) is 0. The van der Waals surface area contributed by atoms with Crippen LogP contribution < -0.4 is 20.7 Å². The van der Waals surface area contributed by atoms with Crippen molar-refractivity contribution in [3.63, 3.8) is 0 Å². The number of hydrogen-bond acceptors (Lipinski definition) is 9. The molecule has 2 bridgehead atoms. The number of alkyl halides is 3. The Morgan fingerprint density at radius 3 is 2.72 bits per heavy atom. The molecule has 3 N–H and O–H groups in total. The van der Waals surface area contributed by atoms with Crippen LogP contribution in [0.5, 0.6) is 5.75 Å². The Morgan fingerprint density at radius 1 is 1.31 bits per heavy atom. The summed E-state index contributed by atoms with van der Waals surface area (Å²) in [5.74, 6) is -0.751. The molecule has 3 amide bonds. The molecule has 39 heavy (non-hydrogen) atoms. The number of nitrogens with one attached hydrogen (secondary N) is 3. The average molecular weight is 554 g/mol. The highest BCUT2D eigenvalue weighted by atomic mass is 19.4. The predicted octanol–water partition coefficient (Wildman–Crippen LogP) is 1.69. The average Bonchev–Trinajstić information content (AvgIpc) is 3.45. The minimum atomic E-state index is -4.57. The third-order valence-electron chi connectivity index (χ3n) is 6.79. The molecule has 4 aliphatic rings. The van der Waals surface area contributed by atoms with E-state index in [0.717, 1.165) is 6.92 Å². The van der Waals surface area contributed by atoms with Crippen LogP contribution in [-0.2, 0) is 14.3 Å². The molecule has 0 radical (unpaired) electrons. The first-order valence-corrected chi connectivity index (χ1v) is 12.6. The molecule has 2 saturated heterocycles. The standard InChI is InChI=1S/C24H30F3N7O5/c1-13(24(25,26)27)30-20(35)17-4-5-18-19(31-17)34(14-6-7-33(18)10-14)22(36)32-21-28-8-15(9-29-21)37-11-16-12-38-23(2,3)39-16/h4-5,8-9,13-14,16-17,31H,6-7,10-12H2,1-3H3,(H,30,35)(H,28,29,32,36)/t13-,14+,16-,17?/m1/s1. The fourth-order valence-corrected chi connectivity index (χ4v) is 4.79. The van der Waals surface area contributed by atoms with Gasteiger partial charge in [0.1, 0.15) is 30.6 Å². The van der Waals surface area contributed by atoms with E-state index in [1.54, 1.807) is 6.08 Å². The van der Waals surface area contributed by atoms with Gasteiger partial charge in [0.05, 0.1) is 30.7 Å². The smallest absolute Gasteiger partial charge is 0.408 e. The largest absolute Gasteiger partial charge is 0.488 e. The van der Waals surface area contributed by atoms with Crippen molar-refractivity contribution in [2.45, 2.75) is 63.4 Å². The monoisotopic (exact) mass is 553 g/mol. The lowest BCUT2D eigenvalue weighted by Gasteiger charge is -2.40. The Balaban J connectivity index is 1.23. The lowest BCUT2D eigenvalue weighted by atomic mass is 10.1. The summed E-state index contributed by atoms with van der Waals surface area (Å²) in [4.78, 5) is 37.7. The van der Waals surface area contributed by atoms with E-state index in [0.29, 0.717) is 43.4 Å². The summed E-state index contributed by atoms with van der Waals surface area (Å²) >= 11 is 0. The van der Waals surface area contributed by atoms with Gasteiger partial charge in [-0.3, -0.25) is 15.0 Å². The van der Waals surface area contributed by atoms with Crippen molar-refractivity contribution in [1.29, 1.82) is 0 Å². The molecule has 1 aromatic rings. The summed E-state index contributed by atoms with van der Waals surface area (Å²) in [6.45, 7) is 6.43. The fourth-order valence-electron chi connectivity index (χ4n) is 4.79. The summed E-state index contributed by atoms with van der Waals surface area (Å²) in [5.41, 5.74) is 0.678. The summed E-state index contributed by atoms with van der Waals surface area (Å²) < 4.78 is 55.7. The zero-order chi connectivity index (χ0) is 27.9. The van der Waals surface area contributed by atoms with Crippen molar-refractivity contribution in [3.8, 4) is 5.75 Å². The van der Waals surface area contributed by atoms with E-state index in [4.69, 9.17) is 14.2 Å². The molecule has 5 heterocycles. The van der Waals surface area contributed by atoms with Crippen molar-refractivity contribution in [3.05, 3.63) is 36.1 Å². The van der Waals surface area contributed by atoms with Gasteiger partial charge in [0.2, 0.25) is 11.9 Å². The van der Waals surface area contributed by atoms with E-state index in [1.807, 2.05) is 19.2 Å². The summed E-state index contributed by atoms with van der Waals surface area (Å²) in [5, 5.41) is 7.56. The SMILES string of the molecule is C[C@@H](NC(=O)C1C=CC2=C(N1)N(C(=O)Nc1ncc(OC[C@@H]3COC(C)(C)O3)cn1)[C@H]1CCN2C1)C(F)(F)F. The quantitative estimate of drug-likeness (QED) is 0.482. The topological polar surface area (TPSA) is 130 Å². The molecule has 5 rings (SSSR count). The first-order valence-electron chi connectivity index (χ1n) is 12.6. The maximum atomic E-state index is 13.3.